The van der Waals surface area contributed by atoms with Crippen LogP contribution in [-0.4, -0.2) is 0 Å². The molecule has 2 aliphatic carbocycles. The topological polar surface area (TPSA) is 0 Å². The van der Waals surface area contributed by atoms with Gasteiger partial charge in [0.1, 0.15) is 0 Å². The van der Waals surface area contributed by atoms with Crippen molar-refractivity contribution in [3.8, 4) is 0 Å². The highest BCUT2D eigenvalue weighted by Crippen LogP contribution is 2.66. The van der Waals surface area contributed by atoms with Crippen molar-refractivity contribution in [2.45, 2.75) is 213 Å². The average molecular weight is 783 g/mol. The second-order valence-electron chi connectivity index (χ2n) is 24.9. The minimum Gasteiger partial charge on any atom is -0.0651 e. The first-order valence-corrected chi connectivity index (χ1v) is 25.4. The van der Waals surface area contributed by atoms with Crippen molar-refractivity contribution < 1.29 is 0 Å². The molecule has 21 atom stereocenters. The van der Waals surface area contributed by atoms with Crippen LogP contribution in [0.2, 0.25) is 0 Å². The third kappa shape index (κ3) is 8.84. The van der Waals surface area contributed by atoms with Crippen molar-refractivity contribution in [1.82, 2.24) is 0 Å². The first-order chi connectivity index (χ1) is 25.4. The van der Waals surface area contributed by atoms with Gasteiger partial charge in [-0.15, -0.1) is 0 Å². The summed E-state index contributed by atoms with van der Waals surface area (Å²) in [6.07, 6.45) is 5.39. The molecule has 0 aromatic carbocycles. The monoisotopic (exact) mass is 783 g/mol. The Morgan fingerprint density at radius 3 is 0.821 bits per heavy atom. The average Bonchev–Trinajstić information content (AvgIpc) is 3.14. The zero-order valence-electron chi connectivity index (χ0n) is 44.0. The Hall–Kier alpha value is 0. The Balaban J connectivity index is 2.36. The molecule has 0 heteroatoms. The summed E-state index contributed by atoms with van der Waals surface area (Å²) >= 11 is 0. The van der Waals surface area contributed by atoms with E-state index >= 15 is 0 Å². The zero-order valence-corrected chi connectivity index (χ0v) is 44.0. The van der Waals surface area contributed by atoms with E-state index in [-0.39, 0.29) is 21.7 Å². The molecule has 0 aliphatic heterocycles. The van der Waals surface area contributed by atoms with Crippen molar-refractivity contribution >= 4 is 0 Å². The summed E-state index contributed by atoms with van der Waals surface area (Å²) in [5.41, 5.74) is 0.600. The van der Waals surface area contributed by atoms with E-state index in [0.717, 1.165) is 88.8 Å². The van der Waals surface area contributed by atoms with Gasteiger partial charge in [0.2, 0.25) is 0 Å². The fourth-order valence-corrected chi connectivity index (χ4v) is 16.3. The lowest BCUT2D eigenvalue weighted by atomic mass is 9.41. The molecule has 2 saturated carbocycles. The Morgan fingerprint density at radius 2 is 0.554 bits per heavy atom. The normalized spacial score (nSPS) is 37.6. The molecule has 2 fully saturated rings. The smallest absolute Gasteiger partial charge is 0.0244 e. The first kappa shape index (κ1) is 52.1. The molecule has 0 amide bonds. The number of hydrogen-bond acceptors (Lipinski definition) is 0. The molecule has 0 radical (unpaired) electrons. The highest BCUT2D eigenvalue weighted by Gasteiger charge is 2.59. The van der Waals surface area contributed by atoms with Crippen LogP contribution in [0, 0.1) is 146 Å². The summed E-state index contributed by atoms with van der Waals surface area (Å²) in [7, 11) is 0. The van der Waals surface area contributed by atoms with Gasteiger partial charge in [-0.05, 0) is 146 Å². The van der Waals surface area contributed by atoms with Crippen LogP contribution in [0.5, 0.6) is 0 Å². The van der Waals surface area contributed by atoms with Gasteiger partial charge in [0.25, 0.3) is 0 Å². The van der Waals surface area contributed by atoms with Crippen molar-refractivity contribution in [1.29, 1.82) is 0 Å². The lowest BCUT2D eigenvalue weighted by Gasteiger charge is -2.64. The molecule has 0 nitrogen and oxygen atoms in total. The third-order valence-corrected chi connectivity index (χ3v) is 23.8. The van der Waals surface area contributed by atoms with Gasteiger partial charge in [-0.25, -0.2) is 0 Å². The lowest BCUT2D eigenvalue weighted by Crippen LogP contribution is -2.57. The minimum atomic E-state index is 0.130. The van der Waals surface area contributed by atoms with Gasteiger partial charge in [-0.3, -0.25) is 0 Å². The van der Waals surface area contributed by atoms with Crippen molar-refractivity contribution in [2.24, 2.45) is 146 Å². The summed E-state index contributed by atoms with van der Waals surface area (Å²) in [6.45, 7) is 70.7. The van der Waals surface area contributed by atoms with Crippen LogP contribution >= 0.6 is 0 Å². The molecular formula is C56H110. The van der Waals surface area contributed by atoms with Gasteiger partial charge in [0, 0.05) is 0 Å². The van der Waals surface area contributed by atoms with Crippen molar-refractivity contribution in [2.75, 3.05) is 0 Å². The quantitative estimate of drug-likeness (QED) is 0.130. The van der Waals surface area contributed by atoms with E-state index in [4.69, 9.17) is 0 Å². The SMILES string of the molecule is CCC1C(C)C(C)C(C(C)C(C)[C@H](C)[C@@H](C)C(C)(C)C(C)(C)C(C)(C)C(C)(C)C(C)[C@@H](C)[C@H](C)[C@H](C)[C@H](C)C2C(C)C(C)C(CC)C(CC)C2C)C(C)C1CC. The van der Waals surface area contributed by atoms with E-state index in [1.54, 1.807) is 0 Å². The lowest BCUT2D eigenvalue weighted by molar-refractivity contribution is -0.153. The number of rotatable bonds is 18. The molecule has 56 heavy (non-hydrogen) atoms. The summed E-state index contributed by atoms with van der Waals surface area (Å²) in [5.74, 6) is 16.3. The Bertz CT molecular complexity index is 1170. The van der Waals surface area contributed by atoms with Gasteiger partial charge in [-0.2, -0.15) is 0 Å². The molecule has 0 bridgehead atoms. The zero-order chi connectivity index (χ0) is 44.0. The predicted molar refractivity (Wildman–Crippen MR) is 255 cm³/mol. The maximum atomic E-state index is 2.67. The molecule has 15 unspecified atom stereocenters. The summed E-state index contributed by atoms with van der Waals surface area (Å²) in [6, 6.07) is 0. The van der Waals surface area contributed by atoms with Gasteiger partial charge in [-0.1, -0.05) is 213 Å². The van der Waals surface area contributed by atoms with Crippen LogP contribution in [-0.2, 0) is 0 Å². The summed E-state index contributed by atoms with van der Waals surface area (Å²) in [5, 5.41) is 0. The van der Waals surface area contributed by atoms with Gasteiger partial charge in [0.15, 0.2) is 0 Å². The molecule has 0 N–H and O–H groups in total. The largest absolute Gasteiger partial charge is 0.0651 e. The molecule has 2 aliphatic rings. The van der Waals surface area contributed by atoms with Crippen molar-refractivity contribution in [3.63, 3.8) is 0 Å². The van der Waals surface area contributed by atoms with Crippen LogP contribution in [0.3, 0.4) is 0 Å². The molecule has 0 aromatic rings. The fraction of sp³-hybridized carbons (Fsp3) is 1.00. The Kier molecular flexibility index (Phi) is 18.0. The molecule has 0 spiro atoms. The maximum Gasteiger partial charge on any atom is -0.0244 e. The van der Waals surface area contributed by atoms with Crippen LogP contribution in [0.1, 0.15) is 213 Å². The van der Waals surface area contributed by atoms with Gasteiger partial charge < -0.3 is 0 Å². The van der Waals surface area contributed by atoms with E-state index in [0.29, 0.717) is 35.5 Å². The second-order valence-corrected chi connectivity index (χ2v) is 24.9. The van der Waals surface area contributed by atoms with E-state index < -0.39 is 0 Å². The van der Waals surface area contributed by atoms with E-state index in [1.165, 1.54) is 25.7 Å². The summed E-state index contributed by atoms with van der Waals surface area (Å²) in [4.78, 5) is 0. The molecule has 0 aromatic heterocycles. The first-order valence-electron chi connectivity index (χ1n) is 25.4. The van der Waals surface area contributed by atoms with Crippen LogP contribution < -0.4 is 0 Å². The molecular weight excluding hydrogens is 673 g/mol. The third-order valence-electron chi connectivity index (χ3n) is 23.8. The molecule has 0 heterocycles. The standard InChI is InChI=1S/C56H110/c1-28-47-37(10)41(14)51(43(16)49(47)30-3)39(12)33(6)32(5)35(8)45(18)53(20,21)55(24,25)56(26,27)54(22,23)46(19)36(9)34(7)40(13)52-42(15)38(11)48(29-2)50(31-4)44(52)17/h32-52H,28-31H2,1-27H3/t32-,33+,34?,35+,36+,37?,38?,39+,40?,41?,42?,43?,44?,45?,46-,47?,48?,49?,50?,51?,52?/m1/s1. The highest BCUT2D eigenvalue weighted by molar-refractivity contribution is 5.07. The molecule has 0 saturated heterocycles. The van der Waals surface area contributed by atoms with Gasteiger partial charge in [0.05, 0.1) is 0 Å². The number of hydrogen-bond donors (Lipinski definition) is 0. The van der Waals surface area contributed by atoms with E-state index in [1.807, 2.05) is 0 Å². The Labute approximate surface area is 357 Å². The van der Waals surface area contributed by atoms with E-state index in [2.05, 4.69) is 187 Å². The van der Waals surface area contributed by atoms with E-state index in [9.17, 15) is 0 Å². The van der Waals surface area contributed by atoms with Gasteiger partial charge >= 0.3 is 0 Å². The van der Waals surface area contributed by atoms with Crippen LogP contribution in [0.4, 0.5) is 0 Å². The van der Waals surface area contributed by atoms with Crippen LogP contribution in [0.15, 0.2) is 0 Å². The van der Waals surface area contributed by atoms with Crippen LogP contribution in [0.25, 0.3) is 0 Å². The Morgan fingerprint density at radius 1 is 0.321 bits per heavy atom. The molecule has 334 valence electrons. The second kappa shape index (κ2) is 19.4. The minimum absolute atomic E-state index is 0.130. The highest BCUT2D eigenvalue weighted by atomic mass is 14.6. The molecule has 2 rings (SSSR count). The fourth-order valence-electron chi connectivity index (χ4n) is 16.3. The maximum absolute atomic E-state index is 2.67. The van der Waals surface area contributed by atoms with Crippen molar-refractivity contribution in [3.05, 3.63) is 0 Å². The predicted octanol–water partition coefficient (Wildman–Crippen LogP) is 18.0. The summed E-state index contributed by atoms with van der Waals surface area (Å²) < 4.78 is 0.